The van der Waals surface area contributed by atoms with Crippen molar-refractivity contribution in [2.24, 2.45) is 0 Å². The van der Waals surface area contributed by atoms with Crippen LogP contribution < -0.4 is 4.74 Å². The van der Waals surface area contributed by atoms with Crippen molar-refractivity contribution in [3.05, 3.63) is 58.1 Å². The summed E-state index contributed by atoms with van der Waals surface area (Å²) in [7, 11) is 1.53. The molecule has 0 radical (unpaired) electrons. The summed E-state index contributed by atoms with van der Waals surface area (Å²) >= 11 is 6.04. The third-order valence-corrected chi connectivity index (χ3v) is 3.76. The Morgan fingerprint density at radius 1 is 1.29 bits per heavy atom. The van der Waals surface area contributed by atoms with Gasteiger partial charge in [-0.25, -0.2) is 0 Å². The average Bonchev–Trinajstić information content (AvgIpc) is 2.77. The number of benzene rings is 2. The number of nitrogens with zero attached hydrogens (tertiary/aromatic N) is 1. The van der Waals surface area contributed by atoms with Gasteiger partial charge in [-0.2, -0.15) is 0 Å². The molecule has 0 aromatic heterocycles. The zero-order valence-corrected chi connectivity index (χ0v) is 12.2. The number of carbonyl (C=O) groups excluding carboxylic acids is 1. The molecule has 1 N–H and O–H groups in total. The SMILES string of the molecule is COc1cc(Cl)cc2c1C(=O)N(Cc1ccc(O)cc1)C2. The molecule has 0 aliphatic carbocycles. The summed E-state index contributed by atoms with van der Waals surface area (Å²) in [5.41, 5.74) is 2.42. The molecule has 0 bridgehead atoms. The molecule has 1 aliphatic rings. The first-order valence-electron chi connectivity index (χ1n) is 6.52. The van der Waals surface area contributed by atoms with E-state index in [1.165, 1.54) is 7.11 Å². The molecule has 1 heterocycles. The topological polar surface area (TPSA) is 49.8 Å². The molecule has 0 unspecified atom stereocenters. The lowest BCUT2D eigenvalue weighted by Crippen LogP contribution is -2.23. The predicted octanol–water partition coefficient (Wildman–Crippen LogP) is 3.21. The zero-order valence-electron chi connectivity index (χ0n) is 11.5. The highest BCUT2D eigenvalue weighted by Crippen LogP contribution is 2.34. The third-order valence-electron chi connectivity index (χ3n) is 3.54. The zero-order chi connectivity index (χ0) is 15.0. The normalized spacial score (nSPS) is 13.4. The highest BCUT2D eigenvalue weighted by atomic mass is 35.5. The van der Waals surface area contributed by atoms with E-state index in [1.807, 2.05) is 0 Å². The summed E-state index contributed by atoms with van der Waals surface area (Å²) in [6.45, 7) is 0.987. The molecule has 2 aromatic carbocycles. The second-order valence-corrected chi connectivity index (χ2v) is 5.41. The van der Waals surface area contributed by atoms with E-state index in [0.29, 0.717) is 29.4 Å². The van der Waals surface area contributed by atoms with Gasteiger partial charge in [0.2, 0.25) is 0 Å². The minimum atomic E-state index is -0.0633. The molecule has 0 fully saturated rings. The summed E-state index contributed by atoms with van der Waals surface area (Å²) in [4.78, 5) is 14.2. The maximum absolute atomic E-state index is 12.5. The molecule has 0 spiro atoms. The molecule has 0 saturated carbocycles. The van der Waals surface area contributed by atoms with Crippen molar-refractivity contribution in [3.63, 3.8) is 0 Å². The Bertz CT molecular complexity index is 697. The number of hydrogen-bond acceptors (Lipinski definition) is 3. The number of aromatic hydroxyl groups is 1. The minimum Gasteiger partial charge on any atom is -0.508 e. The summed E-state index contributed by atoms with van der Waals surface area (Å²) in [5, 5.41) is 9.86. The fourth-order valence-electron chi connectivity index (χ4n) is 2.55. The molecule has 4 nitrogen and oxygen atoms in total. The van der Waals surface area contributed by atoms with Crippen LogP contribution in [-0.2, 0) is 13.1 Å². The van der Waals surface area contributed by atoms with Crippen LogP contribution in [0.1, 0.15) is 21.5 Å². The number of ether oxygens (including phenoxy) is 1. The van der Waals surface area contributed by atoms with Crippen LogP contribution in [0.5, 0.6) is 11.5 Å². The fraction of sp³-hybridized carbons (Fsp3) is 0.188. The molecule has 5 heteroatoms. The summed E-state index contributed by atoms with van der Waals surface area (Å²) in [6.07, 6.45) is 0. The van der Waals surface area contributed by atoms with Gasteiger partial charge in [-0.1, -0.05) is 23.7 Å². The maximum atomic E-state index is 12.5. The number of phenolic OH excluding ortho intramolecular Hbond substituents is 1. The van der Waals surface area contributed by atoms with E-state index in [2.05, 4.69) is 0 Å². The lowest BCUT2D eigenvalue weighted by Gasteiger charge is -2.15. The van der Waals surface area contributed by atoms with Gasteiger partial charge in [-0.05, 0) is 35.4 Å². The van der Waals surface area contributed by atoms with E-state index in [4.69, 9.17) is 16.3 Å². The number of amides is 1. The van der Waals surface area contributed by atoms with E-state index in [-0.39, 0.29) is 11.7 Å². The number of phenols is 1. The number of rotatable bonds is 3. The van der Waals surface area contributed by atoms with Crippen molar-refractivity contribution in [2.75, 3.05) is 7.11 Å². The van der Waals surface area contributed by atoms with Gasteiger partial charge in [-0.3, -0.25) is 4.79 Å². The van der Waals surface area contributed by atoms with Crippen LogP contribution in [0.4, 0.5) is 0 Å². The minimum absolute atomic E-state index is 0.0633. The van der Waals surface area contributed by atoms with Crippen molar-refractivity contribution < 1.29 is 14.6 Å². The van der Waals surface area contributed by atoms with E-state index in [9.17, 15) is 9.90 Å². The van der Waals surface area contributed by atoms with Gasteiger partial charge in [0, 0.05) is 18.1 Å². The van der Waals surface area contributed by atoms with Gasteiger partial charge >= 0.3 is 0 Å². The van der Waals surface area contributed by atoms with Crippen molar-refractivity contribution in [3.8, 4) is 11.5 Å². The van der Waals surface area contributed by atoms with Gasteiger partial charge in [0.15, 0.2) is 0 Å². The Hall–Kier alpha value is -2.20. The van der Waals surface area contributed by atoms with Crippen LogP contribution in [0.15, 0.2) is 36.4 Å². The fourth-order valence-corrected chi connectivity index (χ4v) is 2.78. The molecule has 1 aliphatic heterocycles. The van der Waals surface area contributed by atoms with Gasteiger partial charge < -0.3 is 14.7 Å². The van der Waals surface area contributed by atoms with E-state index in [0.717, 1.165) is 11.1 Å². The Morgan fingerprint density at radius 3 is 2.67 bits per heavy atom. The molecule has 0 atom stereocenters. The van der Waals surface area contributed by atoms with Crippen LogP contribution in [-0.4, -0.2) is 23.0 Å². The molecular weight excluding hydrogens is 290 g/mol. The van der Waals surface area contributed by atoms with Crippen molar-refractivity contribution >= 4 is 17.5 Å². The van der Waals surface area contributed by atoms with Crippen LogP contribution in [0.3, 0.4) is 0 Å². The molecule has 3 rings (SSSR count). The Balaban J connectivity index is 1.88. The number of methoxy groups -OCH3 is 1. The second kappa shape index (κ2) is 5.30. The standard InChI is InChI=1S/C16H14ClNO3/c1-21-14-7-12(17)6-11-9-18(16(20)15(11)14)8-10-2-4-13(19)5-3-10/h2-7,19H,8-9H2,1H3. The molecule has 1 amide bonds. The highest BCUT2D eigenvalue weighted by Gasteiger charge is 2.31. The van der Waals surface area contributed by atoms with E-state index >= 15 is 0 Å². The van der Waals surface area contributed by atoms with Crippen molar-refractivity contribution in [1.82, 2.24) is 4.90 Å². The summed E-state index contributed by atoms with van der Waals surface area (Å²) in [6, 6.07) is 10.3. The first kappa shape index (κ1) is 13.8. The largest absolute Gasteiger partial charge is 0.508 e. The van der Waals surface area contributed by atoms with Crippen LogP contribution in [0.2, 0.25) is 5.02 Å². The highest BCUT2D eigenvalue weighted by molar-refractivity contribution is 6.31. The first-order valence-corrected chi connectivity index (χ1v) is 6.90. The number of hydrogen-bond donors (Lipinski definition) is 1. The Morgan fingerprint density at radius 2 is 2.00 bits per heavy atom. The Kier molecular flexibility index (Phi) is 3.47. The predicted molar refractivity (Wildman–Crippen MR) is 79.7 cm³/mol. The molecule has 108 valence electrons. The van der Waals surface area contributed by atoms with Gasteiger partial charge in [-0.15, -0.1) is 0 Å². The molecule has 0 saturated heterocycles. The van der Waals surface area contributed by atoms with Crippen LogP contribution in [0, 0.1) is 0 Å². The van der Waals surface area contributed by atoms with Crippen molar-refractivity contribution in [2.45, 2.75) is 13.1 Å². The number of fused-ring (bicyclic) bond motifs is 1. The number of halogens is 1. The van der Waals surface area contributed by atoms with Gasteiger partial charge in [0.05, 0.1) is 12.7 Å². The lowest BCUT2D eigenvalue weighted by molar-refractivity contribution is 0.0764. The quantitative estimate of drug-likeness (QED) is 0.947. The maximum Gasteiger partial charge on any atom is 0.258 e. The smallest absolute Gasteiger partial charge is 0.258 e. The summed E-state index contributed by atoms with van der Waals surface area (Å²) in [5.74, 6) is 0.658. The van der Waals surface area contributed by atoms with Gasteiger partial charge in [0.25, 0.3) is 5.91 Å². The van der Waals surface area contributed by atoms with Gasteiger partial charge in [0.1, 0.15) is 11.5 Å². The van der Waals surface area contributed by atoms with E-state index < -0.39 is 0 Å². The number of carbonyl (C=O) groups is 1. The monoisotopic (exact) mass is 303 g/mol. The molecular formula is C16H14ClNO3. The van der Waals surface area contributed by atoms with Crippen molar-refractivity contribution in [1.29, 1.82) is 0 Å². The van der Waals surface area contributed by atoms with Crippen LogP contribution in [0.25, 0.3) is 0 Å². The average molecular weight is 304 g/mol. The molecule has 2 aromatic rings. The second-order valence-electron chi connectivity index (χ2n) is 4.97. The van der Waals surface area contributed by atoms with E-state index in [1.54, 1.807) is 41.3 Å². The third kappa shape index (κ3) is 2.54. The lowest BCUT2D eigenvalue weighted by atomic mass is 10.1. The Labute approximate surface area is 127 Å². The first-order chi connectivity index (χ1) is 10.1. The summed E-state index contributed by atoms with van der Waals surface area (Å²) < 4.78 is 5.26. The van der Waals surface area contributed by atoms with Crippen LogP contribution >= 0.6 is 11.6 Å². The molecule has 21 heavy (non-hydrogen) atoms.